The minimum atomic E-state index is -0.525. The third-order valence-corrected chi connectivity index (χ3v) is 5.44. The van der Waals surface area contributed by atoms with Crippen LogP contribution in [0.25, 0.3) is 0 Å². The molecule has 0 spiro atoms. The number of nitrogens with two attached hydrogens (primary N) is 1. The lowest BCUT2D eigenvalue weighted by molar-refractivity contribution is 0.102. The van der Waals surface area contributed by atoms with E-state index in [1.54, 1.807) is 6.07 Å². The van der Waals surface area contributed by atoms with Crippen molar-refractivity contribution in [2.24, 2.45) is 5.73 Å². The largest absolute Gasteiger partial charge is 0.480 e. The van der Waals surface area contributed by atoms with Gasteiger partial charge in [-0.25, -0.2) is 14.4 Å². The van der Waals surface area contributed by atoms with Crippen LogP contribution in [0.1, 0.15) is 23.0 Å². The predicted molar refractivity (Wildman–Crippen MR) is 98.7 cm³/mol. The highest BCUT2D eigenvalue weighted by molar-refractivity contribution is 8.00. The summed E-state index contributed by atoms with van der Waals surface area (Å²) in [7, 11) is 1.47. The van der Waals surface area contributed by atoms with Gasteiger partial charge in [-0.3, -0.25) is 4.79 Å². The molecule has 7 nitrogen and oxygen atoms in total. The fraction of sp³-hybridized carbons (Fsp3) is 0.353. The third-order valence-electron chi connectivity index (χ3n) is 4.08. The zero-order valence-electron chi connectivity index (χ0n) is 14.5. The van der Waals surface area contributed by atoms with E-state index in [1.807, 2.05) is 6.92 Å². The van der Waals surface area contributed by atoms with Gasteiger partial charge in [0.2, 0.25) is 5.88 Å². The number of halogens is 1. The molecule has 0 saturated carbocycles. The second-order valence-electron chi connectivity index (χ2n) is 6.11. The zero-order valence-corrected chi connectivity index (χ0v) is 15.3. The van der Waals surface area contributed by atoms with Crippen molar-refractivity contribution in [3.63, 3.8) is 0 Å². The Kier molecular flexibility index (Phi) is 5.40. The number of nitrogens with one attached hydrogen (secondary N) is 2. The van der Waals surface area contributed by atoms with Gasteiger partial charge in [0.15, 0.2) is 0 Å². The molecule has 0 aliphatic carbocycles. The van der Waals surface area contributed by atoms with E-state index in [9.17, 15) is 9.18 Å². The average molecular weight is 377 g/mol. The highest BCUT2D eigenvalue weighted by Crippen LogP contribution is 2.41. The molecule has 2 atom stereocenters. The van der Waals surface area contributed by atoms with E-state index in [4.69, 9.17) is 10.5 Å². The van der Waals surface area contributed by atoms with E-state index in [-0.39, 0.29) is 16.9 Å². The molecule has 26 heavy (non-hydrogen) atoms. The molecule has 1 aromatic heterocycles. The Balaban J connectivity index is 1.81. The van der Waals surface area contributed by atoms with Crippen LogP contribution in [0.3, 0.4) is 0 Å². The Bertz CT molecular complexity index is 804. The fourth-order valence-electron chi connectivity index (χ4n) is 2.77. The molecule has 1 aliphatic heterocycles. The first kappa shape index (κ1) is 18.6. The van der Waals surface area contributed by atoms with E-state index >= 15 is 0 Å². The molecule has 2 heterocycles. The first-order valence-electron chi connectivity index (χ1n) is 8.03. The van der Waals surface area contributed by atoms with Gasteiger partial charge in [0.05, 0.1) is 29.6 Å². The smallest absolute Gasteiger partial charge is 0.275 e. The summed E-state index contributed by atoms with van der Waals surface area (Å²) in [6, 6.07) is 4.49. The maximum absolute atomic E-state index is 14.4. The topological polar surface area (TPSA) is 102 Å². The van der Waals surface area contributed by atoms with Gasteiger partial charge in [0.1, 0.15) is 11.5 Å². The number of nitrogens with zero attached hydrogens (tertiary/aromatic N) is 2. The summed E-state index contributed by atoms with van der Waals surface area (Å²) < 4.78 is 18.8. The molecule has 1 aromatic carbocycles. The molecular weight excluding hydrogens is 357 g/mol. The number of aromatic nitrogens is 2. The van der Waals surface area contributed by atoms with E-state index < -0.39 is 10.7 Å². The second kappa shape index (κ2) is 7.56. The Labute approximate surface area is 154 Å². The number of hydrogen-bond donors (Lipinski definition) is 3. The molecule has 1 fully saturated rings. The number of benzene rings is 1. The predicted octanol–water partition coefficient (Wildman–Crippen LogP) is 1.71. The van der Waals surface area contributed by atoms with Crippen LogP contribution in [-0.4, -0.2) is 41.4 Å². The van der Waals surface area contributed by atoms with Gasteiger partial charge in [0, 0.05) is 24.3 Å². The quantitative estimate of drug-likeness (QED) is 0.745. The lowest BCUT2D eigenvalue weighted by atomic mass is 9.98. The summed E-state index contributed by atoms with van der Waals surface area (Å²) in [6.07, 6.45) is 2.68. The van der Waals surface area contributed by atoms with Crippen molar-refractivity contribution in [2.45, 2.75) is 17.0 Å². The Morgan fingerprint density at radius 1 is 1.46 bits per heavy atom. The Morgan fingerprint density at radius 2 is 2.27 bits per heavy atom. The Hall–Kier alpha value is -2.23. The Morgan fingerprint density at radius 3 is 2.92 bits per heavy atom. The van der Waals surface area contributed by atoms with Gasteiger partial charge in [-0.05, 0) is 25.1 Å². The second-order valence-corrected chi connectivity index (χ2v) is 7.85. The molecular formula is C17H20FN5O2S. The molecule has 9 heteroatoms. The molecule has 138 valence electrons. The van der Waals surface area contributed by atoms with Crippen molar-refractivity contribution in [1.29, 1.82) is 0 Å². The molecule has 1 unspecified atom stereocenters. The summed E-state index contributed by atoms with van der Waals surface area (Å²) in [4.78, 5) is 20.3. The highest BCUT2D eigenvalue weighted by Gasteiger charge is 2.35. The number of carbonyl (C=O) groups is 1. The van der Waals surface area contributed by atoms with E-state index in [1.165, 1.54) is 43.4 Å². The van der Waals surface area contributed by atoms with Crippen LogP contribution in [0, 0.1) is 5.82 Å². The van der Waals surface area contributed by atoms with Crippen molar-refractivity contribution in [2.75, 3.05) is 25.5 Å². The molecule has 0 radical (unpaired) electrons. The van der Waals surface area contributed by atoms with Crippen LogP contribution in [0.2, 0.25) is 0 Å². The highest BCUT2D eigenvalue weighted by atomic mass is 32.2. The number of amides is 1. The molecule has 0 bridgehead atoms. The SMILES string of the molecule is COc1cnc(C(=O)Nc2ccc(F)c([C@]3(C)CNCC(N)S3)c2)cn1. The summed E-state index contributed by atoms with van der Waals surface area (Å²) in [5.74, 6) is -0.455. The van der Waals surface area contributed by atoms with Crippen LogP contribution in [-0.2, 0) is 4.75 Å². The molecule has 3 rings (SSSR count). The summed E-state index contributed by atoms with van der Waals surface area (Å²) in [5.41, 5.74) is 7.10. The summed E-state index contributed by atoms with van der Waals surface area (Å²) >= 11 is 1.51. The summed E-state index contributed by atoms with van der Waals surface area (Å²) in [6.45, 7) is 3.20. The van der Waals surface area contributed by atoms with Gasteiger partial charge in [0.25, 0.3) is 5.91 Å². The number of ether oxygens (including phenoxy) is 1. The van der Waals surface area contributed by atoms with Crippen LogP contribution < -0.4 is 21.1 Å². The standard InChI is InChI=1S/C17H20FN5O2S/c1-17(9-20-7-14(19)26-17)11-5-10(3-4-12(11)18)23-16(24)13-6-22-15(25-2)8-21-13/h3-6,8,14,20H,7,9,19H2,1-2H3,(H,23,24)/t14?,17-/m0/s1. The maximum Gasteiger partial charge on any atom is 0.275 e. The number of anilines is 1. The van der Waals surface area contributed by atoms with Crippen molar-refractivity contribution in [3.05, 3.63) is 47.7 Å². The third kappa shape index (κ3) is 3.95. The number of carbonyl (C=O) groups excluding carboxylic acids is 1. The number of methoxy groups -OCH3 is 1. The van der Waals surface area contributed by atoms with E-state index in [2.05, 4.69) is 20.6 Å². The normalized spacial score (nSPS) is 22.7. The van der Waals surface area contributed by atoms with E-state index in [0.717, 1.165) is 0 Å². The molecule has 1 saturated heterocycles. The van der Waals surface area contributed by atoms with Crippen LogP contribution in [0.4, 0.5) is 10.1 Å². The average Bonchev–Trinajstić information content (AvgIpc) is 2.63. The number of thioether (sulfide) groups is 1. The van der Waals surface area contributed by atoms with Gasteiger partial charge < -0.3 is 21.1 Å². The lowest BCUT2D eigenvalue weighted by Crippen LogP contribution is -2.47. The number of hydrogen-bond acceptors (Lipinski definition) is 7. The van der Waals surface area contributed by atoms with Crippen molar-refractivity contribution < 1.29 is 13.9 Å². The summed E-state index contributed by atoms with van der Waals surface area (Å²) in [5, 5.41) is 5.81. The van der Waals surface area contributed by atoms with Crippen LogP contribution in [0.5, 0.6) is 5.88 Å². The van der Waals surface area contributed by atoms with Crippen molar-refractivity contribution in [1.82, 2.24) is 15.3 Å². The minimum Gasteiger partial charge on any atom is -0.480 e. The minimum absolute atomic E-state index is 0.124. The zero-order chi connectivity index (χ0) is 18.7. The van der Waals surface area contributed by atoms with Crippen molar-refractivity contribution >= 4 is 23.4 Å². The van der Waals surface area contributed by atoms with Gasteiger partial charge in [-0.1, -0.05) is 0 Å². The molecule has 4 N–H and O–H groups in total. The first-order valence-corrected chi connectivity index (χ1v) is 8.91. The molecule has 1 amide bonds. The first-order chi connectivity index (χ1) is 12.4. The van der Waals surface area contributed by atoms with E-state index in [0.29, 0.717) is 30.2 Å². The van der Waals surface area contributed by atoms with Crippen LogP contribution in [0.15, 0.2) is 30.6 Å². The van der Waals surface area contributed by atoms with Gasteiger partial charge in [-0.15, -0.1) is 11.8 Å². The molecule has 1 aliphatic rings. The van der Waals surface area contributed by atoms with Gasteiger partial charge in [-0.2, -0.15) is 0 Å². The molecule has 2 aromatic rings. The van der Waals surface area contributed by atoms with Crippen molar-refractivity contribution in [3.8, 4) is 5.88 Å². The maximum atomic E-state index is 14.4. The number of rotatable bonds is 4. The monoisotopic (exact) mass is 377 g/mol. The van der Waals surface area contributed by atoms with Crippen LogP contribution >= 0.6 is 11.8 Å². The lowest BCUT2D eigenvalue weighted by Gasteiger charge is -2.37. The fourth-order valence-corrected chi connectivity index (χ4v) is 4.11. The van der Waals surface area contributed by atoms with Gasteiger partial charge >= 0.3 is 0 Å².